The topological polar surface area (TPSA) is 65.4 Å². The van der Waals surface area contributed by atoms with Gasteiger partial charge in [0, 0.05) is 31.0 Å². The molecular weight excluding hydrogens is 402 g/mol. The van der Waals surface area contributed by atoms with E-state index in [9.17, 15) is 4.79 Å². The molecule has 0 radical (unpaired) electrons. The molecule has 3 rings (SSSR count). The predicted molar refractivity (Wildman–Crippen MR) is 128 cm³/mol. The highest BCUT2D eigenvalue weighted by Crippen LogP contribution is 2.20. The molecule has 0 aliphatic carbocycles. The lowest BCUT2D eigenvalue weighted by Gasteiger charge is -2.17. The summed E-state index contributed by atoms with van der Waals surface area (Å²) in [7, 11) is 1.66. The van der Waals surface area contributed by atoms with E-state index >= 15 is 0 Å². The SMILES string of the molecule is COc1cccc(OCCCCn2c(CCCNC(=O)C(C)(C)C)nc3ccccc32)c1. The second-order valence-electron chi connectivity index (χ2n) is 9.01. The van der Waals surface area contributed by atoms with E-state index in [-0.39, 0.29) is 11.3 Å². The van der Waals surface area contributed by atoms with Crippen LogP contribution in [0.15, 0.2) is 48.5 Å². The predicted octanol–water partition coefficient (Wildman–Crippen LogP) is 5.00. The number of rotatable bonds is 11. The van der Waals surface area contributed by atoms with Crippen LogP contribution in [0.5, 0.6) is 11.5 Å². The number of carbonyl (C=O) groups excluding carboxylic acids is 1. The van der Waals surface area contributed by atoms with Gasteiger partial charge in [-0.1, -0.05) is 39.0 Å². The Morgan fingerprint density at radius 2 is 1.81 bits per heavy atom. The molecule has 2 aromatic carbocycles. The Morgan fingerprint density at radius 3 is 2.59 bits per heavy atom. The summed E-state index contributed by atoms with van der Waals surface area (Å²) in [5, 5.41) is 3.03. The third-order valence-corrected chi connectivity index (χ3v) is 5.36. The molecule has 1 heterocycles. The van der Waals surface area contributed by atoms with Crippen LogP contribution in [0.2, 0.25) is 0 Å². The first-order valence-electron chi connectivity index (χ1n) is 11.4. The maximum atomic E-state index is 12.1. The van der Waals surface area contributed by atoms with Crippen molar-refractivity contribution in [2.45, 2.75) is 53.0 Å². The molecule has 1 amide bonds. The van der Waals surface area contributed by atoms with E-state index in [1.54, 1.807) is 7.11 Å². The standard InChI is InChI=1S/C26H35N3O3/c1-26(2,3)25(30)27-16-10-15-24-28-22-13-5-6-14-23(22)29(24)17-7-8-18-32-21-12-9-11-20(19-21)31-4/h5-6,9,11-14,19H,7-8,10,15-18H2,1-4H3,(H,27,30). The zero-order valence-corrected chi connectivity index (χ0v) is 19.7. The lowest BCUT2D eigenvalue weighted by atomic mass is 9.96. The Hall–Kier alpha value is -3.02. The molecule has 172 valence electrons. The number of methoxy groups -OCH3 is 1. The minimum atomic E-state index is -0.361. The zero-order chi connectivity index (χ0) is 23.0. The molecule has 1 aromatic heterocycles. The number of nitrogens with zero attached hydrogens (tertiary/aromatic N) is 2. The van der Waals surface area contributed by atoms with Crippen LogP contribution in [0.25, 0.3) is 11.0 Å². The molecule has 0 spiro atoms. The largest absolute Gasteiger partial charge is 0.497 e. The van der Waals surface area contributed by atoms with Crippen molar-refractivity contribution in [2.75, 3.05) is 20.3 Å². The fourth-order valence-electron chi connectivity index (χ4n) is 3.53. The van der Waals surface area contributed by atoms with Crippen LogP contribution >= 0.6 is 0 Å². The molecule has 0 aliphatic rings. The van der Waals surface area contributed by atoms with E-state index in [0.717, 1.165) is 60.6 Å². The number of imidazole rings is 1. The molecule has 0 bridgehead atoms. The van der Waals surface area contributed by atoms with Crippen LogP contribution in [0.4, 0.5) is 0 Å². The monoisotopic (exact) mass is 437 g/mol. The van der Waals surface area contributed by atoms with Crippen molar-refractivity contribution in [1.29, 1.82) is 0 Å². The number of aromatic nitrogens is 2. The lowest BCUT2D eigenvalue weighted by Crippen LogP contribution is -2.35. The number of unbranched alkanes of at least 4 members (excludes halogenated alkanes) is 1. The summed E-state index contributed by atoms with van der Waals surface area (Å²) in [6.45, 7) is 8.01. The van der Waals surface area contributed by atoms with Crippen LogP contribution in [0, 0.1) is 5.41 Å². The number of para-hydroxylation sites is 2. The second kappa shape index (κ2) is 11.0. The third-order valence-electron chi connectivity index (χ3n) is 5.36. The summed E-state index contributed by atoms with van der Waals surface area (Å²) < 4.78 is 13.4. The Kier molecular flexibility index (Phi) is 8.14. The average molecular weight is 438 g/mol. The van der Waals surface area contributed by atoms with E-state index in [4.69, 9.17) is 14.5 Å². The molecule has 0 saturated carbocycles. The highest BCUT2D eigenvalue weighted by molar-refractivity contribution is 5.81. The van der Waals surface area contributed by atoms with Gasteiger partial charge in [-0.15, -0.1) is 0 Å². The van der Waals surface area contributed by atoms with Crippen molar-refractivity contribution < 1.29 is 14.3 Å². The smallest absolute Gasteiger partial charge is 0.225 e. The Morgan fingerprint density at radius 1 is 1.03 bits per heavy atom. The first-order valence-corrected chi connectivity index (χ1v) is 11.4. The van der Waals surface area contributed by atoms with Crippen LogP contribution in [-0.4, -0.2) is 35.7 Å². The van der Waals surface area contributed by atoms with Gasteiger partial charge in [0.05, 0.1) is 24.8 Å². The quantitative estimate of drug-likeness (QED) is 0.429. The first kappa shape index (κ1) is 23.6. The van der Waals surface area contributed by atoms with Crippen molar-refractivity contribution in [3.63, 3.8) is 0 Å². The maximum absolute atomic E-state index is 12.1. The number of fused-ring (bicyclic) bond motifs is 1. The zero-order valence-electron chi connectivity index (χ0n) is 19.7. The average Bonchev–Trinajstić information content (AvgIpc) is 3.13. The summed E-state index contributed by atoms with van der Waals surface area (Å²) in [6, 6.07) is 16.0. The van der Waals surface area contributed by atoms with E-state index in [1.165, 1.54) is 0 Å². The fourth-order valence-corrected chi connectivity index (χ4v) is 3.53. The second-order valence-corrected chi connectivity index (χ2v) is 9.01. The summed E-state index contributed by atoms with van der Waals surface area (Å²) in [4.78, 5) is 16.9. The molecule has 0 atom stereocenters. The first-order chi connectivity index (χ1) is 15.4. The van der Waals surface area contributed by atoms with Crippen molar-refractivity contribution in [3.8, 4) is 11.5 Å². The number of carbonyl (C=O) groups is 1. The number of benzene rings is 2. The van der Waals surface area contributed by atoms with Crippen LogP contribution in [0.3, 0.4) is 0 Å². The van der Waals surface area contributed by atoms with Crippen molar-refractivity contribution >= 4 is 16.9 Å². The van der Waals surface area contributed by atoms with Gasteiger partial charge < -0.3 is 19.4 Å². The normalized spacial score (nSPS) is 11.5. The minimum absolute atomic E-state index is 0.0852. The molecule has 0 fully saturated rings. The number of aryl methyl sites for hydroxylation is 2. The van der Waals surface area contributed by atoms with E-state index < -0.39 is 0 Å². The highest BCUT2D eigenvalue weighted by Gasteiger charge is 2.20. The van der Waals surface area contributed by atoms with Gasteiger partial charge in [-0.05, 0) is 43.5 Å². The van der Waals surface area contributed by atoms with E-state index in [2.05, 4.69) is 28.1 Å². The van der Waals surface area contributed by atoms with Crippen molar-refractivity contribution in [2.24, 2.45) is 5.41 Å². The molecular formula is C26H35N3O3. The lowest BCUT2D eigenvalue weighted by molar-refractivity contribution is -0.128. The molecule has 6 heteroatoms. The van der Waals surface area contributed by atoms with Gasteiger partial charge in [-0.3, -0.25) is 4.79 Å². The Balaban J connectivity index is 1.52. The van der Waals surface area contributed by atoms with Gasteiger partial charge in [0.2, 0.25) is 5.91 Å². The molecule has 1 N–H and O–H groups in total. The number of nitrogens with one attached hydrogen (secondary N) is 1. The number of hydrogen-bond donors (Lipinski definition) is 1. The van der Waals surface area contributed by atoms with Crippen LogP contribution in [0.1, 0.15) is 45.9 Å². The van der Waals surface area contributed by atoms with E-state index in [0.29, 0.717) is 13.2 Å². The fraction of sp³-hybridized carbons (Fsp3) is 0.462. The highest BCUT2D eigenvalue weighted by atomic mass is 16.5. The van der Waals surface area contributed by atoms with Gasteiger partial charge in [0.25, 0.3) is 0 Å². The number of hydrogen-bond acceptors (Lipinski definition) is 4. The molecule has 6 nitrogen and oxygen atoms in total. The summed E-state index contributed by atoms with van der Waals surface area (Å²) in [6.07, 6.45) is 3.65. The Labute approximate surface area is 190 Å². The molecule has 0 aliphatic heterocycles. The van der Waals surface area contributed by atoms with Gasteiger partial charge in [0.15, 0.2) is 0 Å². The van der Waals surface area contributed by atoms with Gasteiger partial charge >= 0.3 is 0 Å². The summed E-state index contributed by atoms with van der Waals surface area (Å²) in [5.74, 6) is 2.79. The molecule has 32 heavy (non-hydrogen) atoms. The number of amides is 1. The Bertz CT molecular complexity index is 1020. The molecule has 0 saturated heterocycles. The minimum Gasteiger partial charge on any atom is -0.497 e. The van der Waals surface area contributed by atoms with Crippen molar-refractivity contribution in [3.05, 3.63) is 54.4 Å². The van der Waals surface area contributed by atoms with Gasteiger partial charge in [-0.25, -0.2) is 4.98 Å². The van der Waals surface area contributed by atoms with Crippen molar-refractivity contribution in [1.82, 2.24) is 14.9 Å². The third kappa shape index (κ3) is 6.49. The van der Waals surface area contributed by atoms with Crippen LogP contribution in [-0.2, 0) is 17.8 Å². The summed E-state index contributed by atoms with van der Waals surface area (Å²) in [5.41, 5.74) is 1.82. The van der Waals surface area contributed by atoms with Gasteiger partial charge in [-0.2, -0.15) is 0 Å². The van der Waals surface area contributed by atoms with Gasteiger partial charge in [0.1, 0.15) is 17.3 Å². The summed E-state index contributed by atoms with van der Waals surface area (Å²) >= 11 is 0. The maximum Gasteiger partial charge on any atom is 0.225 e. The molecule has 3 aromatic rings. The molecule has 0 unspecified atom stereocenters. The number of ether oxygens (including phenoxy) is 2. The van der Waals surface area contributed by atoms with E-state index in [1.807, 2.05) is 51.1 Å². The van der Waals surface area contributed by atoms with Crippen LogP contribution < -0.4 is 14.8 Å².